The van der Waals surface area contributed by atoms with E-state index in [1.807, 2.05) is 32.0 Å². The molecule has 2 amide bonds. The molecule has 3 heterocycles. The zero-order valence-electron chi connectivity index (χ0n) is 15.3. The highest BCUT2D eigenvalue weighted by Crippen LogP contribution is 2.18. The Bertz CT molecular complexity index is 951. The van der Waals surface area contributed by atoms with E-state index >= 15 is 0 Å². The monoisotopic (exact) mass is 366 g/mol. The van der Waals surface area contributed by atoms with Crippen LogP contribution >= 0.6 is 0 Å². The Kier molecular flexibility index (Phi) is 5.44. The van der Waals surface area contributed by atoms with E-state index in [2.05, 4.69) is 20.4 Å². The van der Waals surface area contributed by atoms with Gasteiger partial charge >= 0.3 is 0 Å². The van der Waals surface area contributed by atoms with Crippen LogP contribution in [0.1, 0.15) is 36.5 Å². The fourth-order valence-electron chi connectivity index (χ4n) is 2.88. The fourth-order valence-corrected chi connectivity index (χ4v) is 2.88. The van der Waals surface area contributed by atoms with Gasteiger partial charge in [0.1, 0.15) is 6.04 Å². The first-order valence-electron chi connectivity index (χ1n) is 8.77. The highest BCUT2D eigenvalue weighted by atomic mass is 16.2. The van der Waals surface area contributed by atoms with E-state index in [0.717, 1.165) is 5.69 Å². The second-order valence-corrected chi connectivity index (χ2v) is 6.76. The van der Waals surface area contributed by atoms with Crippen LogP contribution in [-0.4, -0.2) is 37.6 Å². The number of nitrogens with one attached hydrogen (secondary N) is 1. The molecular weight excluding hydrogens is 344 g/mol. The summed E-state index contributed by atoms with van der Waals surface area (Å²) in [6.07, 6.45) is 3.81. The average Bonchev–Trinajstić information content (AvgIpc) is 3.00. The number of pyridine rings is 2. The van der Waals surface area contributed by atoms with E-state index in [-0.39, 0.29) is 11.6 Å². The van der Waals surface area contributed by atoms with Gasteiger partial charge in [0, 0.05) is 12.4 Å². The minimum absolute atomic E-state index is 0.211. The summed E-state index contributed by atoms with van der Waals surface area (Å²) in [5.74, 6) is -0.799. The van der Waals surface area contributed by atoms with Crippen molar-refractivity contribution in [1.82, 2.24) is 25.1 Å². The molecule has 0 aromatic carbocycles. The highest BCUT2D eigenvalue weighted by molar-refractivity contribution is 6.05. The molecule has 1 atom stereocenters. The van der Waals surface area contributed by atoms with Gasteiger partial charge in [-0.2, -0.15) is 5.10 Å². The maximum atomic E-state index is 12.8. The van der Waals surface area contributed by atoms with Gasteiger partial charge in [0.15, 0.2) is 11.3 Å². The molecule has 0 bridgehead atoms. The van der Waals surface area contributed by atoms with Crippen LogP contribution in [0.3, 0.4) is 0 Å². The molecule has 8 heteroatoms. The standard InChI is InChI=1S/C19H22N6O2/c1-12(2)10-15(17(20)26)23-19(27)16-14-7-5-9-22-18(14)25(24-16)11-13-6-3-4-8-21-13/h3-9,12,15H,10-11H2,1-2H3,(H2,20,26)(H,23,27)/t15-/m0/s1. The second kappa shape index (κ2) is 7.94. The Morgan fingerprint density at radius 3 is 2.59 bits per heavy atom. The maximum Gasteiger partial charge on any atom is 0.273 e. The fraction of sp³-hybridized carbons (Fsp3) is 0.316. The van der Waals surface area contributed by atoms with Crippen molar-refractivity contribution in [3.05, 3.63) is 54.1 Å². The summed E-state index contributed by atoms with van der Waals surface area (Å²) in [5.41, 5.74) is 7.02. The summed E-state index contributed by atoms with van der Waals surface area (Å²) in [6, 6.07) is 8.37. The summed E-state index contributed by atoms with van der Waals surface area (Å²) in [5, 5.41) is 7.74. The molecule has 27 heavy (non-hydrogen) atoms. The van der Waals surface area contributed by atoms with Crippen LogP contribution in [0.5, 0.6) is 0 Å². The number of fused-ring (bicyclic) bond motifs is 1. The molecule has 0 spiro atoms. The van der Waals surface area contributed by atoms with Crippen molar-refractivity contribution < 1.29 is 9.59 Å². The minimum Gasteiger partial charge on any atom is -0.368 e. The number of nitrogens with two attached hydrogens (primary N) is 1. The number of rotatable bonds is 7. The lowest BCUT2D eigenvalue weighted by Crippen LogP contribution is -2.45. The van der Waals surface area contributed by atoms with Crippen LogP contribution in [0.4, 0.5) is 0 Å². The lowest BCUT2D eigenvalue weighted by Gasteiger charge is -2.16. The highest BCUT2D eigenvalue weighted by Gasteiger charge is 2.24. The molecule has 0 aliphatic rings. The summed E-state index contributed by atoms with van der Waals surface area (Å²) in [6.45, 7) is 4.30. The molecule has 0 saturated heterocycles. The van der Waals surface area contributed by atoms with E-state index < -0.39 is 17.9 Å². The number of amides is 2. The SMILES string of the molecule is CC(C)C[C@H](NC(=O)c1nn(Cc2ccccn2)c2ncccc12)C(N)=O. The van der Waals surface area contributed by atoms with Gasteiger partial charge in [-0.05, 0) is 36.6 Å². The lowest BCUT2D eigenvalue weighted by atomic mass is 10.0. The quantitative estimate of drug-likeness (QED) is 0.657. The smallest absolute Gasteiger partial charge is 0.273 e. The number of carbonyl (C=O) groups is 2. The zero-order valence-corrected chi connectivity index (χ0v) is 15.3. The van der Waals surface area contributed by atoms with Crippen LogP contribution in [0.2, 0.25) is 0 Å². The Morgan fingerprint density at radius 2 is 1.93 bits per heavy atom. The van der Waals surface area contributed by atoms with Crippen LogP contribution in [0.15, 0.2) is 42.7 Å². The van der Waals surface area contributed by atoms with Gasteiger partial charge in [-0.1, -0.05) is 19.9 Å². The first-order chi connectivity index (χ1) is 13.0. The van der Waals surface area contributed by atoms with Gasteiger partial charge in [0.25, 0.3) is 5.91 Å². The first kappa shape index (κ1) is 18.5. The molecule has 140 valence electrons. The van der Waals surface area contributed by atoms with Crippen molar-refractivity contribution in [1.29, 1.82) is 0 Å². The Labute approximate surface area is 156 Å². The molecule has 0 aliphatic carbocycles. The van der Waals surface area contributed by atoms with Gasteiger partial charge in [-0.25, -0.2) is 9.67 Å². The van der Waals surface area contributed by atoms with E-state index in [1.165, 1.54) is 0 Å². The van der Waals surface area contributed by atoms with Crippen LogP contribution in [-0.2, 0) is 11.3 Å². The first-order valence-corrected chi connectivity index (χ1v) is 8.77. The molecule has 0 unspecified atom stereocenters. The van der Waals surface area contributed by atoms with Crippen molar-refractivity contribution in [3.63, 3.8) is 0 Å². The summed E-state index contributed by atoms with van der Waals surface area (Å²) < 4.78 is 1.63. The van der Waals surface area contributed by atoms with Crippen molar-refractivity contribution >= 4 is 22.8 Å². The molecule has 0 saturated carbocycles. The van der Waals surface area contributed by atoms with Gasteiger partial charge < -0.3 is 11.1 Å². The predicted octanol–water partition coefficient (Wildman–Crippen LogP) is 1.50. The second-order valence-electron chi connectivity index (χ2n) is 6.76. The number of aromatic nitrogens is 4. The van der Waals surface area contributed by atoms with E-state index in [0.29, 0.717) is 24.0 Å². The average molecular weight is 366 g/mol. The van der Waals surface area contributed by atoms with Crippen molar-refractivity contribution in [3.8, 4) is 0 Å². The summed E-state index contributed by atoms with van der Waals surface area (Å²) in [4.78, 5) is 33.1. The number of hydrogen-bond donors (Lipinski definition) is 2. The number of primary amides is 1. The van der Waals surface area contributed by atoms with E-state index in [1.54, 1.807) is 29.2 Å². The minimum atomic E-state index is -0.745. The van der Waals surface area contributed by atoms with E-state index in [4.69, 9.17) is 5.73 Å². The third-order valence-electron chi connectivity index (χ3n) is 4.12. The molecule has 3 N–H and O–H groups in total. The predicted molar refractivity (Wildman–Crippen MR) is 101 cm³/mol. The van der Waals surface area contributed by atoms with Crippen LogP contribution in [0.25, 0.3) is 11.0 Å². The summed E-state index contributed by atoms with van der Waals surface area (Å²) >= 11 is 0. The van der Waals surface area contributed by atoms with Crippen molar-refractivity contribution in [2.24, 2.45) is 11.7 Å². The topological polar surface area (TPSA) is 116 Å². The van der Waals surface area contributed by atoms with Gasteiger partial charge in [0.2, 0.25) is 5.91 Å². The largest absolute Gasteiger partial charge is 0.368 e. The third-order valence-corrected chi connectivity index (χ3v) is 4.12. The van der Waals surface area contributed by atoms with Crippen LogP contribution < -0.4 is 11.1 Å². The number of hydrogen-bond acceptors (Lipinski definition) is 5. The summed E-state index contributed by atoms with van der Waals surface area (Å²) in [7, 11) is 0. The molecule has 3 aromatic heterocycles. The van der Waals surface area contributed by atoms with Crippen LogP contribution in [0, 0.1) is 5.92 Å². The molecular formula is C19H22N6O2. The van der Waals surface area contributed by atoms with Crippen molar-refractivity contribution in [2.75, 3.05) is 0 Å². The Hall–Kier alpha value is -3.29. The van der Waals surface area contributed by atoms with Gasteiger partial charge in [-0.15, -0.1) is 0 Å². The molecule has 0 fully saturated rings. The van der Waals surface area contributed by atoms with Gasteiger partial charge in [-0.3, -0.25) is 14.6 Å². The number of carbonyl (C=O) groups excluding carboxylic acids is 2. The lowest BCUT2D eigenvalue weighted by molar-refractivity contribution is -0.120. The zero-order chi connectivity index (χ0) is 19.4. The molecule has 0 aliphatic heterocycles. The molecule has 0 radical (unpaired) electrons. The third kappa shape index (κ3) is 4.28. The van der Waals surface area contributed by atoms with Gasteiger partial charge in [0.05, 0.1) is 17.6 Å². The molecule has 3 rings (SSSR count). The number of nitrogens with zero attached hydrogens (tertiary/aromatic N) is 4. The van der Waals surface area contributed by atoms with E-state index in [9.17, 15) is 9.59 Å². The normalized spacial score (nSPS) is 12.3. The Balaban J connectivity index is 1.92. The molecule has 8 nitrogen and oxygen atoms in total. The molecule has 3 aromatic rings. The Morgan fingerprint density at radius 1 is 1.15 bits per heavy atom. The maximum absolute atomic E-state index is 12.8. The van der Waals surface area contributed by atoms with Crippen molar-refractivity contribution in [2.45, 2.75) is 32.9 Å².